The van der Waals surface area contributed by atoms with E-state index < -0.39 is 0 Å². The number of amides is 2. The first kappa shape index (κ1) is 19.8. The van der Waals surface area contributed by atoms with Gasteiger partial charge in [-0.15, -0.1) is 0 Å². The van der Waals surface area contributed by atoms with Crippen LogP contribution in [-0.2, 0) is 16.1 Å². The molecule has 1 aliphatic rings. The van der Waals surface area contributed by atoms with Gasteiger partial charge in [0.25, 0.3) is 0 Å². The highest BCUT2D eigenvalue weighted by Gasteiger charge is 2.22. The zero-order chi connectivity index (χ0) is 19.9. The maximum atomic E-state index is 13.1. The van der Waals surface area contributed by atoms with Gasteiger partial charge in [0.1, 0.15) is 5.82 Å². The molecule has 28 heavy (non-hydrogen) atoms. The van der Waals surface area contributed by atoms with Crippen molar-refractivity contribution in [3.8, 4) is 0 Å². The largest absolute Gasteiger partial charge is 0.368 e. The lowest BCUT2D eigenvalue weighted by atomic mass is 10.2. The molecule has 3 rings (SSSR count). The molecule has 6 nitrogen and oxygen atoms in total. The summed E-state index contributed by atoms with van der Waals surface area (Å²) in [6.07, 6.45) is 3.72. The fourth-order valence-electron chi connectivity index (χ4n) is 3.31. The first-order valence-electron chi connectivity index (χ1n) is 9.45. The van der Waals surface area contributed by atoms with Crippen LogP contribution in [0.3, 0.4) is 0 Å². The van der Waals surface area contributed by atoms with Crippen molar-refractivity contribution in [2.24, 2.45) is 0 Å². The maximum absolute atomic E-state index is 13.1. The molecule has 1 saturated heterocycles. The number of hydrogen-bond acceptors (Lipinski definition) is 4. The van der Waals surface area contributed by atoms with Gasteiger partial charge >= 0.3 is 0 Å². The average Bonchev–Trinajstić information content (AvgIpc) is 2.72. The van der Waals surface area contributed by atoms with Crippen molar-refractivity contribution in [3.63, 3.8) is 0 Å². The summed E-state index contributed by atoms with van der Waals surface area (Å²) >= 11 is 0. The lowest BCUT2D eigenvalue weighted by Crippen LogP contribution is -2.49. The Morgan fingerprint density at radius 1 is 1.11 bits per heavy atom. The molecule has 1 aromatic carbocycles. The number of piperazine rings is 1. The van der Waals surface area contributed by atoms with E-state index >= 15 is 0 Å². The minimum absolute atomic E-state index is 0.0520. The summed E-state index contributed by atoms with van der Waals surface area (Å²) in [5, 5.41) is 0. The van der Waals surface area contributed by atoms with E-state index in [1.165, 1.54) is 19.1 Å². The molecule has 1 aromatic heterocycles. The van der Waals surface area contributed by atoms with Gasteiger partial charge in [0.15, 0.2) is 0 Å². The topological polar surface area (TPSA) is 56.8 Å². The number of rotatable bonds is 6. The third kappa shape index (κ3) is 5.28. The molecule has 0 N–H and O–H groups in total. The highest BCUT2D eigenvalue weighted by molar-refractivity contribution is 5.78. The van der Waals surface area contributed by atoms with Crippen molar-refractivity contribution in [1.82, 2.24) is 14.8 Å². The minimum atomic E-state index is -0.251. The van der Waals surface area contributed by atoms with Gasteiger partial charge in [-0.25, -0.2) is 4.39 Å². The number of carbonyl (C=O) groups excluding carboxylic acids is 2. The first-order chi connectivity index (χ1) is 13.5. The molecule has 2 amide bonds. The van der Waals surface area contributed by atoms with E-state index in [4.69, 9.17) is 0 Å². The number of aromatic nitrogens is 1. The van der Waals surface area contributed by atoms with Crippen molar-refractivity contribution < 1.29 is 14.0 Å². The quantitative estimate of drug-likeness (QED) is 0.767. The second-order valence-corrected chi connectivity index (χ2v) is 6.90. The fourth-order valence-corrected chi connectivity index (χ4v) is 3.31. The Hall–Kier alpha value is -2.96. The summed E-state index contributed by atoms with van der Waals surface area (Å²) < 4.78 is 13.1. The third-order valence-corrected chi connectivity index (χ3v) is 4.96. The Morgan fingerprint density at radius 3 is 2.43 bits per heavy atom. The molecular weight excluding hydrogens is 359 g/mol. The summed E-state index contributed by atoms with van der Waals surface area (Å²) in [4.78, 5) is 34.2. The van der Waals surface area contributed by atoms with Gasteiger partial charge in [0.05, 0.1) is 0 Å². The summed E-state index contributed by atoms with van der Waals surface area (Å²) in [5.74, 6) is -0.257. The van der Waals surface area contributed by atoms with Crippen LogP contribution in [0.4, 0.5) is 10.1 Å². The van der Waals surface area contributed by atoms with Crippen LogP contribution in [0.25, 0.3) is 0 Å². The lowest BCUT2D eigenvalue weighted by molar-refractivity contribution is -0.134. The zero-order valence-electron chi connectivity index (χ0n) is 16.1. The van der Waals surface area contributed by atoms with Gasteiger partial charge < -0.3 is 14.7 Å². The Bertz CT molecular complexity index is 790. The van der Waals surface area contributed by atoms with Crippen LogP contribution in [0, 0.1) is 5.82 Å². The number of anilines is 1. The van der Waals surface area contributed by atoms with Gasteiger partial charge in [-0.05, 0) is 35.9 Å². The normalized spacial score (nSPS) is 14.1. The minimum Gasteiger partial charge on any atom is -0.368 e. The van der Waals surface area contributed by atoms with Gasteiger partial charge in [0, 0.05) is 70.7 Å². The first-order valence-corrected chi connectivity index (χ1v) is 9.45. The molecule has 0 aliphatic carbocycles. The highest BCUT2D eigenvalue weighted by atomic mass is 19.1. The van der Waals surface area contributed by atoms with Crippen LogP contribution >= 0.6 is 0 Å². The molecule has 0 radical (unpaired) electrons. The Kier molecular flexibility index (Phi) is 6.57. The van der Waals surface area contributed by atoms with Gasteiger partial charge in [-0.3, -0.25) is 14.6 Å². The van der Waals surface area contributed by atoms with E-state index in [9.17, 15) is 14.0 Å². The van der Waals surface area contributed by atoms with E-state index in [0.717, 1.165) is 11.3 Å². The van der Waals surface area contributed by atoms with Crippen molar-refractivity contribution in [2.75, 3.05) is 37.6 Å². The number of benzene rings is 1. The fraction of sp³-hybridized carbons (Fsp3) is 0.381. The molecule has 1 fully saturated rings. The Morgan fingerprint density at radius 2 is 1.82 bits per heavy atom. The van der Waals surface area contributed by atoms with E-state index in [2.05, 4.69) is 9.88 Å². The Labute approximate surface area is 164 Å². The molecule has 148 valence electrons. The predicted octanol–water partition coefficient (Wildman–Crippen LogP) is 2.31. The van der Waals surface area contributed by atoms with Crippen molar-refractivity contribution in [2.45, 2.75) is 19.9 Å². The van der Waals surface area contributed by atoms with Crippen LogP contribution in [-0.4, -0.2) is 59.3 Å². The molecule has 0 saturated carbocycles. The molecule has 0 unspecified atom stereocenters. The second kappa shape index (κ2) is 9.30. The van der Waals surface area contributed by atoms with Crippen LogP contribution in [0.15, 0.2) is 48.8 Å². The van der Waals surface area contributed by atoms with Crippen LogP contribution in [0.1, 0.15) is 18.9 Å². The van der Waals surface area contributed by atoms with E-state index in [0.29, 0.717) is 45.7 Å². The molecule has 2 aromatic rings. The molecule has 1 aliphatic heterocycles. The predicted molar refractivity (Wildman–Crippen MR) is 105 cm³/mol. The summed E-state index contributed by atoms with van der Waals surface area (Å²) in [5.41, 5.74) is 1.91. The van der Waals surface area contributed by atoms with Gasteiger partial charge in [-0.2, -0.15) is 0 Å². The lowest BCUT2D eigenvalue weighted by Gasteiger charge is -2.36. The molecular formula is C21H25FN4O2. The molecule has 2 heterocycles. The number of hydrogen-bond donors (Lipinski definition) is 0. The standard InChI is InChI=1S/C21H25FN4O2/c1-17(27)26(16-18-3-2-9-23-15-18)10-8-21(28)25-13-11-24(12-14-25)20-6-4-19(22)5-7-20/h2-7,9,15H,8,10-14,16H2,1H3. The number of nitrogens with zero attached hydrogens (tertiary/aromatic N) is 4. The van der Waals surface area contributed by atoms with E-state index in [1.54, 1.807) is 29.4 Å². The zero-order valence-corrected chi connectivity index (χ0v) is 16.1. The van der Waals surface area contributed by atoms with Gasteiger partial charge in [0.2, 0.25) is 11.8 Å². The smallest absolute Gasteiger partial charge is 0.224 e. The number of pyridine rings is 1. The highest BCUT2D eigenvalue weighted by Crippen LogP contribution is 2.17. The van der Waals surface area contributed by atoms with Crippen LogP contribution in [0.5, 0.6) is 0 Å². The van der Waals surface area contributed by atoms with Crippen molar-refractivity contribution in [3.05, 3.63) is 60.2 Å². The van der Waals surface area contributed by atoms with Crippen molar-refractivity contribution in [1.29, 1.82) is 0 Å². The number of carbonyl (C=O) groups is 2. The number of halogens is 1. The van der Waals surface area contributed by atoms with Crippen LogP contribution in [0.2, 0.25) is 0 Å². The van der Waals surface area contributed by atoms with E-state index in [-0.39, 0.29) is 17.6 Å². The molecule has 7 heteroatoms. The monoisotopic (exact) mass is 384 g/mol. The summed E-state index contributed by atoms with van der Waals surface area (Å²) in [6.45, 7) is 5.03. The third-order valence-electron chi connectivity index (χ3n) is 4.96. The SMILES string of the molecule is CC(=O)N(CCC(=O)N1CCN(c2ccc(F)cc2)CC1)Cc1cccnc1. The van der Waals surface area contributed by atoms with Crippen LogP contribution < -0.4 is 4.90 Å². The Balaban J connectivity index is 1.48. The molecule has 0 atom stereocenters. The van der Waals surface area contributed by atoms with Gasteiger partial charge in [-0.1, -0.05) is 6.07 Å². The molecule has 0 bridgehead atoms. The van der Waals surface area contributed by atoms with Crippen molar-refractivity contribution >= 4 is 17.5 Å². The average molecular weight is 384 g/mol. The second-order valence-electron chi connectivity index (χ2n) is 6.90. The maximum Gasteiger partial charge on any atom is 0.224 e. The summed E-state index contributed by atoms with van der Waals surface area (Å²) in [7, 11) is 0. The summed E-state index contributed by atoms with van der Waals surface area (Å²) in [6, 6.07) is 10.2. The molecule has 0 spiro atoms. The van der Waals surface area contributed by atoms with E-state index in [1.807, 2.05) is 17.0 Å².